The summed E-state index contributed by atoms with van der Waals surface area (Å²) in [6.07, 6.45) is 1.71. The summed E-state index contributed by atoms with van der Waals surface area (Å²) in [5, 5.41) is 20.6. The normalized spacial score (nSPS) is 10.1. The van der Waals surface area contributed by atoms with E-state index in [1.165, 1.54) is 0 Å². The van der Waals surface area contributed by atoms with Gasteiger partial charge in [0.05, 0.1) is 11.3 Å². The Morgan fingerprint density at radius 1 is 1.47 bits per heavy atom. The molecule has 0 unspecified atom stereocenters. The minimum atomic E-state index is 0.467. The number of aromatic nitrogens is 4. The van der Waals surface area contributed by atoms with Gasteiger partial charge in [0.1, 0.15) is 6.07 Å². The van der Waals surface area contributed by atoms with Crippen molar-refractivity contribution in [1.29, 1.82) is 5.26 Å². The van der Waals surface area contributed by atoms with E-state index in [1.807, 2.05) is 6.92 Å². The van der Waals surface area contributed by atoms with Gasteiger partial charge in [-0.05, 0) is 35.0 Å². The lowest BCUT2D eigenvalue weighted by Crippen LogP contribution is -2.05. The second-order valence-electron chi connectivity index (χ2n) is 3.65. The summed E-state index contributed by atoms with van der Waals surface area (Å²) >= 11 is 0. The highest BCUT2D eigenvalue weighted by molar-refractivity contribution is 5.56. The van der Waals surface area contributed by atoms with E-state index >= 15 is 0 Å². The minimum Gasteiger partial charge on any atom is -0.399 e. The number of nitrogens with zero attached hydrogens (tertiary/aromatic N) is 5. The topological polar surface area (TPSA) is 93.4 Å². The molecule has 1 heterocycles. The van der Waals surface area contributed by atoms with E-state index in [0.717, 1.165) is 18.7 Å². The molecular weight excluding hydrogens is 216 g/mol. The summed E-state index contributed by atoms with van der Waals surface area (Å²) in [4.78, 5) is 0. The Hall–Kier alpha value is -2.42. The lowest BCUT2D eigenvalue weighted by Gasteiger charge is -2.06. The van der Waals surface area contributed by atoms with Crippen molar-refractivity contribution in [1.82, 2.24) is 20.2 Å². The second kappa shape index (κ2) is 4.61. The van der Waals surface area contributed by atoms with Gasteiger partial charge in [-0.1, -0.05) is 6.92 Å². The van der Waals surface area contributed by atoms with E-state index in [0.29, 0.717) is 16.9 Å². The molecule has 0 bridgehead atoms. The number of nitriles is 1. The summed E-state index contributed by atoms with van der Waals surface area (Å²) in [6.45, 7) is 2.05. The maximum absolute atomic E-state index is 9.07. The number of aryl methyl sites for hydroxylation is 1. The number of anilines is 1. The van der Waals surface area contributed by atoms with Crippen LogP contribution in [-0.2, 0) is 6.42 Å². The molecule has 2 N–H and O–H groups in total. The van der Waals surface area contributed by atoms with E-state index in [9.17, 15) is 0 Å². The Morgan fingerprint density at radius 3 is 3.00 bits per heavy atom. The van der Waals surface area contributed by atoms with Crippen molar-refractivity contribution in [3.63, 3.8) is 0 Å². The fraction of sp³-hybridized carbons (Fsp3) is 0.273. The molecule has 0 aliphatic carbocycles. The number of nitrogen functional groups attached to an aromatic ring is 1. The van der Waals surface area contributed by atoms with Gasteiger partial charge in [-0.3, -0.25) is 0 Å². The predicted molar refractivity (Wildman–Crippen MR) is 62.3 cm³/mol. The zero-order valence-electron chi connectivity index (χ0n) is 9.46. The van der Waals surface area contributed by atoms with E-state index in [4.69, 9.17) is 11.0 Å². The largest absolute Gasteiger partial charge is 0.399 e. The van der Waals surface area contributed by atoms with Crippen molar-refractivity contribution in [2.45, 2.75) is 19.8 Å². The number of benzene rings is 1. The average molecular weight is 228 g/mol. The number of hydrogen-bond donors (Lipinski definition) is 1. The molecule has 1 aromatic carbocycles. The molecule has 0 spiro atoms. The molecule has 0 saturated heterocycles. The molecular formula is C11H12N6. The third-order valence-corrected chi connectivity index (χ3v) is 2.38. The average Bonchev–Trinajstić information content (AvgIpc) is 2.77. The van der Waals surface area contributed by atoms with Gasteiger partial charge in [-0.2, -0.15) is 9.94 Å². The molecule has 0 saturated carbocycles. The van der Waals surface area contributed by atoms with Gasteiger partial charge in [-0.15, -0.1) is 5.10 Å². The highest BCUT2D eigenvalue weighted by Gasteiger charge is 2.11. The fourth-order valence-electron chi connectivity index (χ4n) is 1.60. The zero-order chi connectivity index (χ0) is 12.3. The number of tetrazole rings is 1. The molecule has 86 valence electrons. The molecule has 0 aliphatic rings. The van der Waals surface area contributed by atoms with Gasteiger partial charge in [0.2, 0.25) is 0 Å². The molecule has 2 rings (SSSR count). The van der Waals surface area contributed by atoms with Gasteiger partial charge in [0, 0.05) is 12.1 Å². The lowest BCUT2D eigenvalue weighted by molar-refractivity contribution is 0.744. The molecule has 0 aliphatic heterocycles. The molecule has 6 heteroatoms. The van der Waals surface area contributed by atoms with Crippen molar-refractivity contribution in [2.75, 3.05) is 5.73 Å². The van der Waals surface area contributed by atoms with Crippen LogP contribution in [0.5, 0.6) is 0 Å². The van der Waals surface area contributed by atoms with Crippen LogP contribution in [0.2, 0.25) is 0 Å². The van der Waals surface area contributed by atoms with Crippen LogP contribution in [0, 0.1) is 11.3 Å². The van der Waals surface area contributed by atoms with E-state index in [1.54, 1.807) is 22.9 Å². The van der Waals surface area contributed by atoms with Crippen LogP contribution in [-0.4, -0.2) is 20.2 Å². The van der Waals surface area contributed by atoms with Crippen LogP contribution in [0.25, 0.3) is 5.69 Å². The number of hydrogen-bond acceptors (Lipinski definition) is 5. The highest BCUT2D eigenvalue weighted by atomic mass is 15.5. The van der Waals surface area contributed by atoms with Gasteiger partial charge < -0.3 is 5.73 Å². The standard InChI is InChI=1S/C11H12N6/c1-2-3-11-14-15-16-17(11)10-5-4-9(13)6-8(10)7-12/h4-6H,2-3,13H2,1H3. The Kier molecular flexibility index (Phi) is 3.01. The third-order valence-electron chi connectivity index (χ3n) is 2.38. The molecule has 2 aromatic rings. The first-order valence-corrected chi connectivity index (χ1v) is 5.33. The molecule has 1 aromatic heterocycles. The van der Waals surface area contributed by atoms with Crippen molar-refractivity contribution in [2.24, 2.45) is 0 Å². The van der Waals surface area contributed by atoms with Crippen LogP contribution >= 0.6 is 0 Å². The maximum Gasteiger partial charge on any atom is 0.156 e. The van der Waals surface area contributed by atoms with Crippen molar-refractivity contribution < 1.29 is 0 Å². The Labute approximate surface area is 98.7 Å². The van der Waals surface area contributed by atoms with Crippen LogP contribution < -0.4 is 5.73 Å². The summed E-state index contributed by atoms with van der Waals surface area (Å²) in [6, 6.07) is 7.20. The Balaban J connectivity index is 2.53. The first kappa shape index (κ1) is 11.1. The van der Waals surface area contributed by atoms with Gasteiger partial charge in [0.25, 0.3) is 0 Å². The van der Waals surface area contributed by atoms with Crippen LogP contribution in [0.15, 0.2) is 18.2 Å². The molecule has 6 nitrogen and oxygen atoms in total. The number of rotatable bonds is 3. The summed E-state index contributed by atoms with van der Waals surface area (Å²) in [7, 11) is 0. The monoisotopic (exact) mass is 228 g/mol. The molecule has 0 atom stereocenters. The lowest BCUT2D eigenvalue weighted by atomic mass is 10.1. The van der Waals surface area contributed by atoms with Crippen LogP contribution in [0.1, 0.15) is 24.7 Å². The molecule has 0 amide bonds. The first-order chi connectivity index (χ1) is 8.26. The van der Waals surface area contributed by atoms with Crippen LogP contribution in [0.4, 0.5) is 5.69 Å². The van der Waals surface area contributed by atoms with Crippen molar-refractivity contribution >= 4 is 5.69 Å². The molecule has 0 fully saturated rings. The summed E-state index contributed by atoms with van der Waals surface area (Å²) in [5.74, 6) is 0.744. The second-order valence-corrected chi connectivity index (χ2v) is 3.65. The van der Waals surface area contributed by atoms with Crippen LogP contribution in [0.3, 0.4) is 0 Å². The van der Waals surface area contributed by atoms with E-state index in [2.05, 4.69) is 21.6 Å². The predicted octanol–water partition coefficient (Wildman–Crippen LogP) is 1.07. The molecule has 17 heavy (non-hydrogen) atoms. The van der Waals surface area contributed by atoms with Crippen molar-refractivity contribution in [3.05, 3.63) is 29.6 Å². The third kappa shape index (κ3) is 2.08. The minimum absolute atomic E-state index is 0.467. The first-order valence-electron chi connectivity index (χ1n) is 5.33. The fourth-order valence-corrected chi connectivity index (χ4v) is 1.60. The highest BCUT2D eigenvalue weighted by Crippen LogP contribution is 2.17. The smallest absolute Gasteiger partial charge is 0.156 e. The summed E-state index contributed by atoms with van der Waals surface area (Å²) in [5.41, 5.74) is 7.32. The Morgan fingerprint density at radius 2 is 2.29 bits per heavy atom. The zero-order valence-corrected chi connectivity index (χ0v) is 9.46. The molecule has 0 radical (unpaired) electrons. The quantitative estimate of drug-likeness (QED) is 0.793. The van der Waals surface area contributed by atoms with E-state index in [-0.39, 0.29) is 0 Å². The maximum atomic E-state index is 9.07. The number of nitrogens with two attached hydrogens (primary N) is 1. The Bertz CT molecular complexity index is 566. The van der Waals surface area contributed by atoms with Gasteiger partial charge in [-0.25, -0.2) is 0 Å². The summed E-state index contributed by atoms with van der Waals surface area (Å²) < 4.78 is 1.58. The van der Waals surface area contributed by atoms with Gasteiger partial charge in [0.15, 0.2) is 5.82 Å². The SMILES string of the molecule is CCCc1nnnn1-c1ccc(N)cc1C#N. The van der Waals surface area contributed by atoms with Crippen molar-refractivity contribution in [3.8, 4) is 11.8 Å². The van der Waals surface area contributed by atoms with E-state index < -0.39 is 0 Å². The van der Waals surface area contributed by atoms with Gasteiger partial charge >= 0.3 is 0 Å².